The van der Waals surface area contributed by atoms with Gasteiger partial charge in [0.15, 0.2) is 0 Å². The molecule has 94 valence electrons. The highest BCUT2D eigenvalue weighted by atomic mass is 79.9. The quantitative estimate of drug-likeness (QED) is 0.633. The van der Waals surface area contributed by atoms with Crippen molar-refractivity contribution in [3.63, 3.8) is 0 Å². The summed E-state index contributed by atoms with van der Waals surface area (Å²) in [5, 5.41) is 0. The Morgan fingerprint density at radius 1 is 1.35 bits per heavy atom. The summed E-state index contributed by atoms with van der Waals surface area (Å²) < 4.78 is 0. The van der Waals surface area contributed by atoms with Gasteiger partial charge in [-0.05, 0) is 40.4 Å². The SMILES string of the molecule is CCC(C)(C)c1ccc2c(c1)C(Br)CC2(C)C. The van der Waals surface area contributed by atoms with Crippen LogP contribution in [0, 0.1) is 0 Å². The van der Waals surface area contributed by atoms with Gasteiger partial charge in [0, 0.05) is 4.83 Å². The summed E-state index contributed by atoms with van der Waals surface area (Å²) in [5.74, 6) is 0. The van der Waals surface area contributed by atoms with Gasteiger partial charge < -0.3 is 0 Å². The zero-order valence-corrected chi connectivity index (χ0v) is 13.2. The molecular formula is C16H23Br. The van der Waals surface area contributed by atoms with Crippen LogP contribution in [0.4, 0.5) is 0 Å². The minimum absolute atomic E-state index is 0.286. The average molecular weight is 295 g/mol. The lowest BCUT2D eigenvalue weighted by molar-refractivity contribution is 0.505. The number of halogens is 1. The van der Waals surface area contributed by atoms with Crippen LogP contribution in [0.15, 0.2) is 18.2 Å². The van der Waals surface area contributed by atoms with Crippen LogP contribution >= 0.6 is 15.9 Å². The number of alkyl halides is 1. The van der Waals surface area contributed by atoms with Gasteiger partial charge in [0.1, 0.15) is 0 Å². The molecule has 2 rings (SSSR count). The summed E-state index contributed by atoms with van der Waals surface area (Å²) in [6.07, 6.45) is 2.39. The van der Waals surface area contributed by atoms with Crippen molar-refractivity contribution in [3.8, 4) is 0 Å². The van der Waals surface area contributed by atoms with E-state index >= 15 is 0 Å². The molecule has 1 unspecified atom stereocenters. The molecule has 0 saturated carbocycles. The number of fused-ring (bicyclic) bond motifs is 1. The second-order valence-electron chi connectivity index (χ2n) is 6.60. The molecule has 0 N–H and O–H groups in total. The molecule has 0 amide bonds. The Morgan fingerprint density at radius 3 is 2.59 bits per heavy atom. The average Bonchev–Trinajstić information content (AvgIpc) is 2.49. The van der Waals surface area contributed by atoms with E-state index in [-0.39, 0.29) is 5.41 Å². The standard InChI is InChI=1S/C16H23Br/c1-6-15(2,3)11-7-8-13-12(9-11)14(17)10-16(13,4)5/h7-9,14H,6,10H2,1-5H3. The predicted molar refractivity (Wildman–Crippen MR) is 79.1 cm³/mol. The van der Waals surface area contributed by atoms with Crippen LogP contribution in [0.5, 0.6) is 0 Å². The topological polar surface area (TPSA) is 0 Å². The van der Waals surface area contributed by atoms with E-state index < -0.39 is 0 Å². The van der Waals surface area contributed by atoms with E-state index in [1.807, 2.05) is 0 Å². The van der Waals surface area contributed by atoms with Gasteiger partial charge >= 0.3 is 0 Å². The van der Waals surface area contributed by atoms with E-state index in [9.17, 15) is 0 Å². The predicted octanol–water partition coefficient (Wildman–Crippen LogP) is 5.49. The smallest absolute Gasteiger partial charge is 0.0406 e. The number of benzene rings is 1. The lowest BCUT2D eigenvalue weighted by Crippen LogP contribution is -2.16. The Labute approximate surface area is 114 Å². The fraction of sp³-hybridized carbons (Fsp3) is 0.625. The van der Waals surface area contributed by atoms with Gasteiger partial charge in [0.2, 0.25) is 0 Å². The van der Waals surface area contributed by atoms with Gasteiger partial charge in [-0.3, -0.25) is 0 Å². The first-order chi connectivity index (χ1) is 7.78. The van der Waals surface area contributed by atoms with Crippen molar-refractivity contribution < 1.29 is 0 Å². The highest BCUT2D eigenvalue weighted by Crippen LogP contribution is 2.49. The molecule has 17 heavy (non-hydrogen) atoms. The highest BCUT2D eigenvalue weighted by molar-refractivity contribution is 9.09. The van der Waals surface area contributed by atoms with E-state index in [2.05, 4.69) is 68.7 Å². The van der Waals surface area contributed by atoms with E-state index in [1.54, 1.807) is 0 Å². The molecule has 1 atom stereocenters. The fourth-order valence-corrected chi connectivity index (χ4v) is 3.92. The molecule has 0 aliphatic heterocycles. The monoisotopic (exact) mass is 294 g/mol. The molecule has 0 spiro atoms. The molecule has 1 aromatic carbocycles. The third-order valence-corrected chi connectivity index (χ3v) is 5.29. The maximum Gasteiger partial charge on any atom is 0.0406 e. The third kappa shape index (κ3) is 2.19. The fourth-order valence-electron chi connectivity index (χ4n) is 2.73. The van der Waals surface area contributed by atoms with Crippen LogP contribution in [0.3, 0.4) is 0 Å². The Kier molecular flexibility index (Phi) is 3.18. The molecular weight excluding hydrogens is 272 g/mol. The summed E-state index contributed by atoms with van der Waals surface area (Å²) in [4.78, 5) is 0.528. The van der Waals surface area contributed by atoms with Gasteiger partial charge in [0.05, 0.1) is 0 Å². The van der Waals surface area contributed by atoms with Crippen molar-refractivity contribution in [2.45, 2.75) is 63.1 Å². The van der Waals surface area contributed by atoms with E-state index in [0.29, 0.717) is 10.2 Å². The number of rotatable bonds is 2. The summed E-state index contributed by atoms with van der Waals surface area (Å²) in [6.45, 7) is 11.6. The van der Waals surface area contributed by atoms with Crippen molar-refractivity contribution in [2.75, 3.05) is 0 Å². The second-order valence-corrected chi connectivity index (χ2v) is 7.70. The van der Waals surface area contributed by atoms with E-state index in [0.717, 1.165) is 0 Å². The van der Waals surface area contributed by atoms with Crippen LogP contribution < -0.4 is 0 Å². The molecule has 0 bridgehead atoms. The van der Waals surface area contributed by atoms with Gasteiger partial charge in [-0.15, -0.1) is 0 Å². The maximum atomic E-state index is 3.84. The molecule has 1 aromatic rings. The van der Waals surface area contributed by atoms with Crippen molar-refractivity contribution in [1.82, 2.24) is 0 Å². The Bertz CT molecular complexity index is 429. The molecule has 0 fully saturated rings. The summed E-state index contributed by atoms with van der Waals surface area (Å²) in [6, 6.07) is 7.10. The molecule has 1 aliphatic carbocycles. The van der Waals surface area contributed by atoms with Gasteiger partial charge in [-0.25, -0.2) is 0 Å². The first-order valence-electron chi connectivity index (χ1n) is 6.57. The molecule has 0 saturated heterocycles. The molecule has 0 aromatic heterocycles. The summed E-state index contributed by atoms with van der Waals surface area (Å²) in [5.41, 5.74) is 5.11. The molecule has 1 heteroatoms. The number of hydrogen-bond donors (Lipinski definition) is 0. The molecule has 0 radical (unpaired) electrons. The minimum atomic E-state index is 0.286. The first-order valence-corrected chi connectivity index (χ1v) is 7.48. The molecule has 1 aliphatic rings. The Balaban J connectivity index is 2.50. The molecule has 0 nitrogen and oxygen atoms in total. The lowest BCUT2D eigenvalue weighted by atomic mass is 9.79. The van der Waals surface area contributed by atoms with Crippen LogP contribution in [-0.4, -0.2) is 0 Å². The lowest BCUT2D eigenvalue weighted by Gasteiger charge is -2.25. The minimum Gasteiger partial charge on any atom is -0.0838 e. The summed E-state index contributed by atoms with van der Waals surface area (Å²) in [7, 11) is 0. The Hall–Kier alpha value is -0.300. The largest absolute Gasteiger partial charge is 0.0838 e. The van der Waals surface area contributed by atoms with E-state index in [4.69, 9.17) is 0 Å². The first kappa shape index (κ1) is 13.1. The zero-order chi connectivity index (χ0) is 12.8. The van der Waals surface area contributed by atoms with Crippen LogP contribution in [0.1, 0.15) is 69.0 Å². The highest BCUT2D eigenvalue weighted by Gasteiger charge is 2.36. The van der Waals surface area contributed by atoms with Gasteiger partial charge in [-0.1, -0.05) is 68.7 Å². The van der Waals surface area contributed by atoms with Gasteiger partial charge in [0.25, 0.3) is 0 Å². The normalized spacial score (nSPS) is 22.6. The van der Waals surface area contributed by atoms with Crippen molar-refractivity contribution in [2.24, 2.45) is 0 Å². The van der Waals surface area contributed by atoms with Crippen LogP contribution in [0.2, 0.25) is 0 Å². The van der Waals surface area contributed by atoms with Crippen LogP contribution in [0.25, 0.3) is 0 Å². The number of hydrogen-bond acceptors (Lipinski definition) is 0. The Morgan fingerprint density at radius 2 is 2.00 bits per heavy atom. The van der Waals surface area contributed by atoms with Crippen molar-refractivity contribution in [3.05, 3.63) is 34.9 Å². The van der Waals surface area contributed by atoms with E-state index in [1.165, 1.54) is 29.5 Å². The van der Waals surface area contributed by atoms with Crippen molar-refractivity contribution in [1.29, 1.82) is 0 Å². The zero-order valence-electron chi connectivity index (χ0n) is 11.6. The summed E-state index contributed by atoms with van der Waals surface area (Å²) >= 11 is 3.84. The van der Waals surface area contributed by atoms with Gasteiger partial charge in [-0.2, -0.15) is 0 Å². The third-order valence-electron chi connectivity index (χ3n) is 4.47. The van der Waals surface area contributed by atoms with Crippen LogP contribution in [-0.2, 0) is 10.8 Å². The molecule has 0 heterocycles. The second kappa shape index (κ2) is 4.12. The maximum absolute atomic E-state index is 3.84. The van der Waals surface area contributed by atoms with Crippen molar-refractivity contribution >= 4 is 15.9 Å².